The molecule has 2 aromatic carbocycles. The largest absolute Gasteiger partial charge is 0.207 e. The third-order valence-electron chi connectivity index (χ3n) is 8.31. The number of benzene rings is 2. The first-order chi connectivity index (χ1) is 15.2. The zero-order valence-electron chi connectivity index (χ0n) is 19.6. The van der Waals surface area contributed by atoms with Crippen LogP contribution in [-0.2, 0) is 6.42 Å². The van der Waals surface area contributed by atoms with Gasteiger partial charge in [0.05, 0.1) is 0 Å². The fourth-order valence-electron chi connectivity index (χ4n) is 6.45. The van der Waals surface area contributed by atoms with Gasteiger partial charge in [-0.15, -0.1) is 6.58 Å². The second-order valence-electron chi connectivity index (χ2n) is 10.4. The molecule has 0 heterocycles. The molecule has 0 bridgehead atoms. The van der Waals surface area contributed by atoms with Gasteiger partial charge in [-0.05, 0) is 103 Å². The molecule has 0 radical (unpaired) electrons. The minimum absolute atomic E-state index is 0.0625. The first-order valence-corrected chi connectivity index (χ1v) is 13.0. The first kappa shape index (κ1) is 22.6. The van der Waals surface area contributed by atoms with E-state index in [9.17, 15) is 4.39 Å². The molecule has 2 fully saturated rings. The van der Waals surface area contributed by atoms with Crippen molar-refractivity contribution in [1.82, 2.24) is 0 Å². The van der Waals surface area contributed by atoms with Crippen LogP contribution in [0.25, 0.3) is 10.8 Å². The molecule has 31 heavy (non-hydrogen) atoms. The van der Waals surface area contributed by atoms with E-state index in [4.69, 9.17) is 0 Å². The smallest absolute Gasteiger partial charge is 0.127 e. The second kappa shape index (κ2) is 10.8. The van der Waals surface area contributed by atoms with Crippen molar-refractivity contribution in [1.29, 1.82) is 0 Å². The Labute approximate surface area is 189 Å². The monoisotopic (exact) mass is 420 g/mol. The molecule has 4 atom stereocenters. The summed E-state index contributed by atoms with van der Waals surface area (Å²) in [6, 6.07) is 10.6. The molecule has 2 aromatic rings. The van der Waals surface area contributed by atoms with E-state index in [1.165, 1.54) is 81.6 Å². The van der Waals surface area contributed by atoms with Crippen molar-refractivity contribution in [3.05, 3.63) is 59.9 Å². The van der Waals surface area contributed by atoms with Gasteiger partial charge in [-0.1, -0.05) is 69.7 Å². The average Bonchev–Trinajstić information content (AvgIpc) is 2.79. The fraction of sp³-hybridized carbons (Fsp3) is 0.600. The standard InChI is InChI=1S/C30H41F/c1-3-5-7-8-9-22-11-12-24-18-25(14-13-23(24)17-22)26-15-16-27-19-28(10-6-4-2)30(31)21-29(27)20-26/h4,15-16,19-25H,2-3,5-14,17-18H2,1H3/t22?,23-,24?,25-/m1/s1. The van der Waals surface area contributed by atoms with Gasteiger partial charge in [-0.25, -0.2) is 4.39 Å². The van der Waals surface area contributed by atoms with Gasteiger partial charge in [0.2, 0.25) is 0 Å². The van der Waals surface area contributed by atoms with Crippen molar-refractivity contribution in [2.75, 3.05) is 0 Å². The van der Waals surface area contributed by atoms with Gasteiger partial charge in [0.25, 0.3) is 0 Å². The van der Waals surface area contributed by atoms with Crippen LogP contribution in [-0.4, -0.2) is 0 Å². The predicted molar refractivity (Wildman–Crippen MR) is 132 cm³/mol. The van der Waals surface area contributed by atoms with E-state index < -0.39 is 0 Å². The number of fused-ring (bicyclic) bond motifs is 2. The molecule has 0 amide bonds. The summed E-state index contributed by atoms with van der Waals surface area (Å²) in [6.07, 6.45) is 19.0. The topological polar surface area (TPSA) is 0 Å². The van der Waals surface area contributed by atoms with Crippen molar-refractivity contribution >= 4 is 10.8 Å². The fourth-order valence-corrected chi connectivity index (χ4v) is 6.45. The number of aryl methyl sites for hydroxylation is 1. The van der Waals surface area contributed by atoms with Crippen molar-refractivity contribution in [2.45, 2.75) is 96.3 Å². The molecular weight excluding hydrogens is 379 g/mol. The molecule has 0 aromatic heterocycles. The van der Waals surface area contributed by atoms with Crippen molar-refractivity contribution in [3.8, 4) is 0 Å². The summed E-state index contributed by atoms with van der Waals surface area (Å²) in [4.78, 5) is 0. The van der Waals surface area contributed by atoms with Gasteiger partial charge >= 0.3 is 0 Å². The lowest BCUT2D eigenvalue weighted by Gasteiger charge is -2.42. The maximum atomic E-state index is 14.6. The second-order valence-corrected chi connectivity index (χ2v) is 10.4. The van der Waals surface area contributed by atoms with Crippen molar-refractivity contribution in [3.63, 3.8) is 0 Å². The summed E-state index contributed by atoms with van der Waals surface area (Å²) < 4.78 is 14.6. The number of allylic oxidation sites excluding steroid dienone is 1. The summed E-state index contributed by atoms with van der Waals surface area (Å²) in [5, 5.41) is 2.23. The van der Waals surface area contributed by atoms with Gasteiger partial charge < -0.3 is 0 Å². The molecule has 0 saturated heterocycles. The quantitative estimate of drug-likeness (QED) is 0.280. The highest BCUT2D eigenvalue weighted by Gasteiger charge is 2.35. The lowest BCUT2D eigenvalue weighted by molar-refractivity contribution is 0.113. The zero-order chi connectivity index (χ0) is 21.6. The maximum absolute atomic E-state index is 14.6. The predicted octanol–water partition coefficient (Wildman–Crippen LogP) is 9.37. The zero-order valence-corrected chi connectivity index (χ0v) is 19.6. The van der Waals surface area contributed by atoms with Crippen LogP contribution >= 0.6 is 0 Å². The van der Waals surface area contributed by atoms with E-state index >= 15 is 0 Å². The molecule has 2 aliphatic carbocycles. The van der Waals surface area contributed by atoms with Crippen LogP contribution in [0.3, 0.4) is 0 Å². The Hall–Kier alpha value is -1.63. The first-order valence-electron chi connectivity index (χ1n) is 13.0. The average molecular weight is 421 g/mol. The van der Waals surface area contributed by atoms with Crippen LogP contribution in [0.15, 0.2) is 43.0 Å². The number of rotatable bonds is 9. The molecule has 168 valence electrons. The van der Waals surface area contributed by atoms with Crippen LogP contribution in [0, 0.1) is 23.6 Å². The summed E-state index contributed by atoms with van der Waals surface area (Å²) in [5.41, 5.74) is 2.25. The maximum Gasteiger partial charge on any atom is 0.127 e. The van der Waals surface area contributed by atoms with Crippen LogP contribution in [0.4, 0.5) is 4.39 Å². The lowest BCUT2D eigenvalue weighted by atomic mass is 9.63. The van der Waals surface area contributed by atoms with E-state index in [2.05, 4.69) is 31.7 Å². The molecule has 0 spiro atoms. The third-order valence-corrected chi connectivity index (χ3v) is 8.31. The summed E-state index contributed by atoms with van der Waals surface area (Å²) in [5.74, 6) is 3.47. The summed E-state index contributed by atoms with van der Waals surface area (Å²) >= 11 is 0. The number of hydrogen-bond acceptors (Lipinski definition) is 0. The SMILES string of the molecule is C=CCCc1cc2ccc([C@@H]3CC[C@@H]4CC(CCCCCC)CCC4C3)cc2cc1F. The van der Waals surface area contributed by atoms with Crippen molar-refractivity contribution in [2.24, 2.45) is 17.8 Å². The van der Waals surface area contributed by atoms with Crippen molar-refractivity contribution < 1.29 is 4.39 Å². The molecule has 0 nitrogen and oxygen atoms in total. The summed E-state index contributed by atoms with van der Waals surface area (Å²) in [7, 11) is 0. The highest BCUT2D eigenvalue weighted by Crippen LogP contribution is 2.48. The normalized spacial score (nSPS) is 26.0. The van der Waals surface area contributed by atoms with Crippen LogP contribution in [0.2, 0.25) is 0 Å². The van der Waals surface area contributed by atoms with Gasteiger partial charge in [0.15, 0.2) is 0 Å². The lowest BCUT2D eigenvalue weighted by Crippen LogP contribution is -2.30. The molecule has 4 rings (SSSR count). The molecule has 2 unspecified atom stereocenters. The summed E-state index contributed by atoms with van der Waals surface area (Å²) in [6.45, 7) is 6.06. The Morgan fingerprint density at radius 2 is 1.77 bits per heavy atom. The van der Waals surface area contributed by atoms with Gasteiger partial charge in [0.1, 0.15) is 5.82 Å². The van der Waals surface area contributed by atoms with E-state index in [-0.39, 0.29) is 5.82 Å². The Balaban J connectivity index is 1.37. The van der Waals surface area contributed by atoms with E-state index in [1.807, 2.05) is 12.1 Å². The number of hydrogen-bond donors (Lipinski definition) is 0. The molecule has 0 N–H and O–H groups in total. The Morgan fingerprint density at radius 1 is 0.935 bits per heavy atom. The molecular formula is C30H41F. The van der Waals surface area contributed by atoms with Gasteiger partial charge in [0, 0.05) is 0 Å². The number of unbranched alkanes of at least 4 members (excludes halogenated alkanes) is 3. The minimum Gasteiger partial charge on any atom is -0.207 e. The Kier molecular flexibility index (Phi) is 7.86. The number of halogens is 1. The van der Waals surface area contributed by atoms with Crippen LogP contribution in [0.1, 0.15) is 101 Å². The highest BCUT2D eigenvalue weighted by molar-refractivity contribution is 5.84. The molecule has 2 aliphatic rings. The van der Waals surface area contributed by atoms with Gasteiger partial charge in [-0.2, -0.15) is 0 Å². The van der Waals surface area contributed by atoms with E-state index in [0.717, 1.165) is 41.5 Å². The Morgan fingerprint density at radius 3 is 2.61 bits per heavy atom. The minimum atomic E-state index is -0.0625. The third kappa shape index (κ3) is 5.60. The molecule has 1 heteroatoms. The molecule has 2 saturated carbocycles. The van der Waals surface area contributed by atoms with Crippen LogP contribution < -0.4 is 0 Å². The molecule has 0 aliphatic heterocycles. The highest BCUT2D eigenvalue weighted by atomic mass is 19.1. The Bertz CT molecular complexity index is 866. The van der Waals surface area contributed by atoms with E-state index in [1.54, 1.807) is 6.07 Å². The van der Waals surface area contributed by atoms with Crippen LogP contribution in [0.5, 0.6) is 0 Å². The van der Waals surface area contributed by atoms with Gasteiger partial charge in [-0.3, -0.25) is 0 Å². The van der Waals surface area contributed by atoms with E-state index in [0.29, 0.717) is 5.92 Å².